The third-order valence-electron chi connectivity index (χ3n) is 3.90. The molecule has 0 aliphatic heterocycles. The maximum atomic E-state index is 12.6. The number of alkyl halides is 3. The van der Waals surface area contributed by atoms with Crippen LogP contribution in [0.3, 0.4) is 0 Å². The Kier molecular flexibility index (Phi) is 7.03. The molecule has 5 nitrogen and oxygen atoms in total. The Morgan fingerprint density at radius 2 is 1.64 bits per heavy atom. The molecule has 0 saturated heterocycles. The van der Waals surface area contributed by atoms with Gasteiger partial charge in [0.05, 0.1) is 12.2 Å². The van der Waals surface area contributed by atoms with Gasteiger partial charge in [-0.3, -0.25) is 9.59 Å². The Labute approximate surface area is 161 Å². The molecule has 150 valence electrons. The lowest BCUT2D eigenvalue weighted by Gasteiger charge is -2.21. The summed E-state index contributed by atoms with van der Waals surface area (Å²) in [5.41, 5.74) is 0.0930. The van der Waals surface area contributed by atoms with Crippen LogP contribution < -0.4 is 15.0 Å². The quantitative estimate of drug-likeness (QED) is 0.753. The van der Waals surface area contributed by atoms with E-state index in [4.69, 9.17) is 4.74 Å². The molecule has 28 heavy (non-hydrogen) atoms. The topological polar surface area (TPSA) is 58.6 Å². The van der Waals surface area contributed by atoms with Gasteiger partial charge in [0, 0.05) is 31.3 Å². The van der Waals surface area contributed by atoms with Crippen LogP contribution in [0.15, 0.2) is 48.5 Å². The molecule has 0 unspecified atom stereocenters. The highest BCUT2D eigenvalue weighted by Crippen LogP contribution is 2.29. The van der Waals surface area contributed by atoms with Crippen molar-refractivity contribution in [2.45, 2.75) is 26.4 Å². The van der Waals surface area contributed by atoms with Gasteiger partial charge < -0.3 is 15.0 Å². The molecule has 2 aromatic carbocycles. The Morgan fingerprint density at radius 3 is 2.14 bits per heavy atom. The van der Waals surface area contributed by atoms with Crippen LogP contribution in [0.1, 0.15) is 25.8 Å². The van der Waals surface area contributed by atoms with Crippen LogP contribution in [0.5, 0.6) is 5.75 Å². The van der Waals surface area contributed by atoms with Crippen molar-refractivity contribution in [1.82, 2.24) is 0 Å². The molecular formula is C20H21F3N2O3. The monoisotopic (exact) mass is 394 g/mol. The molecule has 2 aromatic rings. The maximum Gasteiger partial charge on any atom is 0.416 e. The summed E-state index contributed by atoms with van der Waals surface area (Å²) >= 11 is 0. The van der Waals surface area contributed by atoms with E-state index >= 15 is 0 Å². The molecule has 0 fully saturated rings. The lowest BCUT2D eigenvalue weighted by atomic mass is 10.2. The minimum Gasteiger partial charge on any atom is -0.494 e. The van der Waals surface area contributed by atoms with Gasteiger partial charge in [-0.25, -0.2) is 0 Å². The van der Waals surface area contributed by atoms with Gasteiger partial charge >= 0.3 is 6.18 Å². The molecule has 0 bridgehead atoms. The van der Waals surface area contributed by atoms with Gasteiger partial charge in [-0.1, -0.05) is 0 Å². The SMILES string of the molecule is CCOc1ccc(N(CCC(=O)Nc2ccc(C(F)(F)F)cc2)C(C)=O)cc1. The zero-order valence-corrected chi connectivity index (χ0v) is 15.5. The van der Waals surface area contributed by atoms with Gasteiger partial charge in [-0.15, -0.1) is 0 Å². The second-order valence-corrected chi connectivity index (χ2v) is 5.97. The van der Waals surface area contributed by atoms with Crippen molar-refractivity contribution in [3.8, 4) is 5.75 Å². The van der Waals surface area contributed by atoms with E-state index < -0.39 is 17.6 Å². The van der Waals surface area contributed by atoms with Crippen molar-refractivity contribution in [2.75, 3.05) is 23.4 Å². The van der Waals surface area contributed by atoms with Crippen molar-refractivity contribution in [3.05, 3.63) is 54.1 Å². The number of amides is 2. The highest BCUT2D eigenvalue weighted by atomic mass is 19.4. The minimum absolute atomic E-state index is 0.00614. The summed E-state index contributed by atoms with van der Waals surface area (Å²) in [4.78, 5) is 25.5. The molecule has 0 aromatic heterocycles. The average molecular weight is 394 g/mol. The largest absolute Gasteiger partial charge is 0.494 e. The molecule has 0 aliphatic rings. The van der Waals surface area contributed by atoms with Crippen molar-refractivity contribution in [1.29, 1.82) is 0 Å². The van der Waals surface area contributed by atoms with Crippen LogP contribution >= 0.6 is 0 Å². The summed E-state index contributed by atoms with van der Waals surface area (Å²) in [7, 11) is 0. The Morgan fingerprint density at radius 1 is 1.04 bits per heavy atom. The normalized spacial score (nSPS) is 11.0. The van der Waals surface area contributed by atoms with E-state index in [0.717, 1.165) is 12.1 Å². The lowest BCUT2D eigenvalue weighted by molar-refractivity contribution is -0.137. The van der Waals surface area contributed by atoms with E-state index in [1.807, 2.05) is 6.92 Å². The molecule has 8 heteroatoms. The van der Waals surface area contributed by atoms with Crippen LogP contribution in [0.4, 0.5) is 24.5 Å². The van der Waals surface area contributed by atoms with Crippen molar-refractivity contribution in [3.63, 3.8) is 0 Å². The smallest absolute Gasteiger partial charge is 0.416 e. The summed E-state index contributed by atoms with van der Waals surface area (Å²) in [6.45, 7) is 3.92. The number of hydrogen-bond acceptors (Lipinski definition) is 3. The van der Waals surface area contributed by atoms with Crippen LogP contribution in [0, 0.1) is 0 Å². The zero-order valence-electron chi connectivity index (χ0n) is 15.5. The molecule has 0 atom stereocenters. The van der Waals surface area contributed by atoms with E-state index in [2.05, 4.69) is 5.32 Å². The maximum absolute atomic E-state index is 12.6. The summed E-state index contributed by atoms with van der Waals surface area (Å²) in [5.74, 6) is 0.0400. The molecular weight excluding hydrogens is 373 g/mol. The molecule has 0 radical (unpaired) electrons. The van der Waals surface area contributed by atoms with Gasteiger partial charge in [0.2, 0.25) is 11.8 Å². The predicted molar refractivity (Wildman–Crippen MR) is 100 cm³/mol. The number of hydrogen-bond donors (Lipinski definition) is 1. The average Bonchev–Trinajstić information content (AvgIpc) is 2.63. The summed E-state index contributed by atoms with van der Waals surface area (Å²) in [6, 6.07) is 11.1. The summed E-state index contributed by atoms with van der Waals surface area (Å²) in [6.07, 6.45) is -4.43. The summed E-state index contributed by atoms with van der Waals surface area (Å²) in [5, 5.41) is 2.53. The number of carbonyl (C=O) groups excluding carboxylic acids is 2. The fourth-order valence-corrected chi connectivity index (χ4v) is 2.54. The van der Waals surface area contributed by atoms with Crippen LogP contribution in [0.25, 0.3) is 0 Å². The van der Waals surface area contributed by atoms with E-state index in [-0.39, 0.29) is 24.6 Å². The summed E-state index contributed by atoms with van der Waals surface area (Å²) < 4.78 is 43.0. The molecule has 0 spiro atoms. The third kappa shape index (κ3) is 6.00. The van der Waals surface area contributed by atoms with Crippen molar-refractivity contribution < 1.29 is 27.5 Å². The van der Waals surface area contributed by atoms with Gasteiger partial charge in [0.15, 0.2) is 0 Å². The fourth-order valence-electron chi connectivity index (χ4n) is 2.54. The zero-order chi connectivity index (χ0) is 20.7. The van der Waals surface area contributed by atoms with Gasteiger partial charge in [-0.05, 0) is 55.5 Å². The fraction of sp³-hybridized carbons (Fsp3) is 0.300. The van der Waals surface area contributed by atoms with Crippen LogP contribution in [0.2, 0.25) is 0 Å². The van der Waals surface area contributed by atoms with E-state index in [9.17, 15) is 22.8 Å². The number of nitrogens with zero attached hydrogens (tertiary/aromatic N) is 1. The predicted octanol–water partition coefficient (Wildman–Crippen LogP) is 4.49. The highest BCUT2D eigenvalue weighted by Gasteiger charge is 2.30. The number of ether oxygens (including phenoxy) is 1. The van der Waals surface area contributed by atoms with Gasteiger partial charge in [0.25, 0.3) is 0 Å². The first-order valence-electron chi connectivity index (χ1n) is 8.68. The first-order valence-corrected chi connectivity index (χ1v) is 8.68. The second-order valence-electron chi connectivity index (χ2n) is 5.97. The number of nitrogens with one attached hydrogen (secondary N) is 1. The molecule has 0 heterocycles. The number of halogens is 3. The van der Waals surface area contributed by atoms with E-state index in [1.165, 1.54) is 24.0 Å². The van der Waals surface area contributed by atoms with E-state index in [1.54, 1.807) is 24.3 Å². The molecule has 2 rings (SSSR count). The van der Waals surface area contributed by atoms with E-state index in [0.29, 0.717) is 18.0 Å². The number of carbonyl (C=O) groups is 2. The molecule has 2 amide bonds. The highest BCUT2D eigenvalue weighted by molar-refractivity contribution is 5.94. The Balaban J connectivity index is 1.95. The lowest BCUT2D eigenvalue weighted by Crippen LogP contribution is -2.31. The van der Waals surface area contributed by atoms with Crippen LogP contribution in [-0.4, -0.2) is 25.0 Å². The first-order chi connectivity index (χ1) is 13.2. The van der Waals surface area contributed by atoms with Crippen molar-refractivity contribution >= 4 is 23.2 Å². The third-order valence-corrected chi connectivity index (χ3v) is 3.90. The Bertz CT molecular complexity index is 803. The number of benzene rings is 2. The Hall–Kier alpha value is -3.03. The molecule has 1 N–H and O–H groups in total. The standard InChI is InChI=1S/C20H21F3N2O3/c1-3-28-18-10-8-17(9-11-18)25(14(2)26)13-12-19(27)24-16-6-4-15(5-7-16)20(21,22)23/h4-11H,3,12-13H2,1-2H3,(H,24,27). The first kappa shape index (κ1) is 21.3. The second kappa shape index (κ2) is 9.25. The van der Waals surface area contributed by atoms with Gasteiger partial charge in [-0.2, -0.15) is 13.2 Å². The number of anilines is 2. The molecule has 0 saturated carbocycles. The number of rotatable bonds is 7. The minimum atomic E-state index is -4.43. The van der Waals surface area contributed by atoms with Crippen LogP contribution in [-0.2, 0) is 15.8 Å². The molecule has 0 aliphatic carbocycles. The van der Waals surface area contributed by atoms with Gasteiger partial charge in [0.1, 0.15) is 5.75 Å². The van der Waals surface area contributed by atoms with Crippen molar-refractivity contribution in [2.24, 2.45) is 0 Å².